The van der Waals surface area contributed by atoms with Gasteiger partial charge in [-0.05, 0) is 28.8 Å². The van der Waals surface area contributed by atoms with E-state index in [9.17, 15) is 9.59 Å². The zero-order valence-corrected chi connectivity index (χ0v) is 17.5. The molecule has 0 saturated carbocycles. The van der Waals surface area contributed by atoms with Crippen molar-refractivity contribution >= 4 is 12.2 Å². The normalized spacial score (nSPS) is 15.1. The molecule has 1 aliphatic rings. The summed E-state index contributed by atoms with van der Waals surface area (Å²) in [5.74, 6) is -0.228. The lowest BCUT2D eigenvalue weighted by molar-refractivity contribution is -0.112. The van der Waals surface area contributed by atoms with E-state index in [0.29, 0.717) is 18.7 Å². The minimum absolute atomic E-state index is 0.228. The number of rotatable bonds is 4. The van der Waals surface area contributed by atoms with Gasteiger partial charge in [0.25, 0.3) is 5.91 Å². The molecule has 156 valence electrons. The highest BCUT2D eigenvalue weighted by Crippen LogP contribution is 2.31. The van der Waals surface area contributed by atoms with Crippen molar-refractivity contribution in [2.75, 3.05) is 0 Å². The van der Waals surface area contributed by atoms with Crippen molar-refractivity contribution in [2.45, 2.75) is 19.0 Å². The number of aldehydes is 1. The van der Waals surface area contributed by atoms with Gasteiger partial charge in [0.1, 0.15) is 12.0 Å². The van der Waals surface area contributed by atoms with Crippen LogP contribution in [0.15, 0.2) is 97.1 Å². The summed E-state index contributed by atoms with van der Waals surface area (Å²) in [6, 6.07) is 31.1. The largest absolute Gasteiger partial charge is 0.323 e. The molecule has 1 atom stereocenters. The summed E-state index contributed by atoms with van der Waals surface area (Å²) < 4.78 is 0. The van der Waals surface area contributed by atoms with E-state index in [1.54, 1.807) is 11.0 Å². The van der Waals surface area contributed by atoms with Crippen LogP contribution in [0, 0.1) is 0 Å². The first-order valence-corrected chi connectivity index (χ1v) is 10.7. The molecule has 0 bridgehead atoms. The van der Waals surface area contributed by atoms with Gasteiger partial charge >= 0.3 is 0 Å². The molecule has 2 heterocycles. The molecule has 1 aliphatic heterocycles. The van der Waals surface area contributed by atoms with E-state index in [0.717, 1.165) is 39.8 Å². The molecule has 0 radical (unpaired) electrons. The van der Waals surface area contributed by atoms with Crippen LogP contribution in [0.25, 0.3) is 22.4 Å². The standard InChI is InChI=1S/C28H22N2O2/c31-19-24-17-22-13-7-8-14-23(22)18-30(24)28(32)26-16-15-25(20-9-3-1-4-10-20)27(29-26)21-11-5-2-6-12-21/h1-16,19,24H,17-18H2/t24-/m0/s1. The number of benzene rings is 3. The average molecular weight is 418 g/mol. The van der Waals surface area contributed by atoms with Crippen LogP contribution >= 0.6 is 0 Å². The lowest BCUT2D eigenvalue weighted by Gasteiger charge is -2.33. The number of hydrogen-bond acceptors (Lipinski definition) is 3. The van der Waals surface area contributed by atoms with Crippen LogP contribution in [0.1, 0.15) is 21.6 Å². The molecule has 5 rings (SSSR count). The molecular formula is C28H22N2O2. The minimum atomic E-state index is -0.492. The highest BCUT2D eigenvalue weighted by molar-refractivity contribution is 5.96. The van der Waals surface area contributed by atoms with Crippen LogP contribution in [-0.4, -0.2) is 28.1 Å². The number of pyridine rings is 1. The van der Waals surface area contributed by atoms with Gasteiger partial charge in [-0.2, -0.15) is 0 Å². The Morgan fingerprint density at radius 3 is 2.09 bits per heavy atom. The van der Waals surface area contributed by atoms with Gasteiger partial charge in [0.15, 0.2) is 0 Å². The van der Waals surface area contributed by atoms with E-state index in [1.807, 2.05) is 91.0 Å². The van der Waals surface area contributed by atoms with Crippen molar-refractivity contribution in [3.63, 3.8) is 0 Å². The van der Waals surface area contributed by atoms with E-state index in [1.165, 1.54) is 0 Å². The Morgan fingerprint density at radius 2 is 1.41 bits per heavy atom. The lowest BCUT2D eigenvalue weighted by atomic mass is 9.94. The molecule has 4 nitrogen and oxygen atoms in total. The molecule has 0 unspecified atom stereocenters. The smallest absolute Gasteiger partial charge is 0.273 e. The Balaban J connectivity index is 1.57. The Labute approximate surface area is 187 Å². The topological polar surface area (TPSA) is 50.3 Å². The van der Waals surface area contributed by atoms with Gasteiger partial charge < -0.3 is 9.69 Å². The van der Waals surface area contributed by atoms with Crippen molar-refractivity contribution in [1.82, 2.24) is 9.88 Å². The summed E-state index contributed by atoms with van der Waals surface area (Å²) in [5.41, 5.74) is 6.23. The first kappa shape index (κ1) is 19.9. The Kier molecular flexibility index (Phi) is 5.34. The summed E-state index contributed by atoms with van der Waals surface area (Å²) in [6.07, 6.45) is 1.39. The number of carbonyl (C=O) groups is 2. The van der Waals surface area contributed by atoms with Crippen LogP contribution in [0.3, 0.4) is 0 Å². The summed E-state index contributed by atoms with van der Waals surface area (Å²) >= 11 is 0. The van der Waals surface area contributed by atoms with Crippen molar-refractivity contribution in [3.8, 4) is 22.4 Å². The second-order valence-corrected chi connectivity index (χ2v) is 7.93. The van der Waals surface area contributed by atoms with Gasteiger partial charge in [0, 0.05) is 24.1 Å². The number of aromatic nitrogens is 1. The maximum Gasteiger partial charge on any atom is 0.273 e. The maximum atomic E-state index is 13.5. The predicted molar refractivity (Wildman–Crippen MR) is 125 cm³/mol. The SMILES string of the molecule is O=C[C@@H]1Cc2ccccc2CN1C(=O)c1ccc(-c2ccccc2)c(-c2ccccc2)n1. The van der Waals surface area contributed by atoms with E-state index in [-0.39, 0.29) is 5.91 Å². The first-order valence-electron chi connectivity index (χ1n) is 10.7. The third-order valence-corrected chi connectivity index (χ3v) is 5.95. The number of fused-ring (bicyclic) bond motifs is 1. The summed E-state index contributed by atoms with van der Waals surface area (Å²) in [7, 11) is 0. The number of amides is 1. The third-order valence-electron chi connectivity index (χ3n) is 5.95. The van der Waals surface area contributed by atoms with Crippen molar-refractivity contribution < 1.29 is 9.59 Å². The van der Waals surface area contributed by atoms with E-state index in [2.05, 4.69) is 0 Å². The Bertz CT molecular complexity index is 1270. The Hall–Kier alpha value is -4.05. The minimum Gasteiger partial charge on any atom is -0.323 e. The lowest BCUT2D eigenvalue weighted by Crippen LogP contribution is -2.45. The Morgan fingerprint density at radius 1 is 0.781 bits per heavy atom. The van der Waals surface area contributed by atoms with Crippen molar-refractivity contribution in [2.24, 2.45) is 0 Å². The molecule has 0 spiro atoms. The highest BCUT2D eigenvalue weighted by atomic mass is 16.2. The predicted octanol–water partition coefficient (Wildman–Crippen LogP) is 5.18. The van der Waals surface area contributed by atoms with Gasteiger partial charge in [0.2, 0.25) is 0 Å². The molecule has 1 aromatic heterocycles. The molecule has 0 fully saturated rings. The van der Waals surface area contributed by atoms with Crippen molar-refractivity contribution in [1.29, 1.82) is 0 Å². The average Bonchev–Trinajstić information content (AvgIpc) is 2.88. The number of carbonyl (C=O) groups excluding carboxylic acids is 2. The summed E-state index contributed by atoms with van der Waals surface area (Å²) in [4.78, 5) is 31.8. The first-order chi connectivity index (χ1) is 15.7. The van der Waals surface area contributed by atoms with Crippen LogP contribution in [-0.2, 0) is 17.8 Å². The molecule has 0 aliphatic carbocycles. The molecule has 4 aromatic rings. The van der Waals surface area contributed by atoms with Crippen LogP contribution in [0.2, 0.25) is 0 Å². The second-order valence-electron chi connectivity index (χ2n) is 7.93. The fraction of sp³-hybridized carbons (Fsp3) is 0.107. The van der Waals surface area contributed by atoms with Crippen molar-refractivity contribution in [3.05, 3.63) is 114 Å². The van der Waals surface area contributed by atoms with Crippen LogP contribution in [0.5, 0.6) is 0 Å². The van der Waals surface area contributed by atoms with Crippen LogP contribution < -0.4 is 0 Å². The van der Waals surface area contributed by atoms with E-state index in [4.69, 9.17) is 4.98 Å². The third kappa shape index (κ3) is 3.71. The van der Waals surface area contributed by atoms with Gasteiger partial charge in [-0.1, -0.05) is 84.9 Å². The zero-order chi connectivity index (χ0) is 21.9. The molecule has 4 heteroatoms. The number of hydrogen-bond donors (Lipinski definition) is 0. The molecule has 32 heavy (non-hydrogen) atoms. The van der Waals surface area contributed by atoms with Crippen LogP contribution in [0.4, 0.5) is 0 Å². The highest BCUT2D eigenvalue weighted by Gasteiger charge is 2.31. The number of nitrogens with zero attached hydrogens (tertiary/aromatic N) is 2. The van der Waals surface area contributed by atoms with Gasteiger partial charge in [-0.15, -0.1) is 0 Å². The van der Waals surface area contributed by atoms with E-state index < -0.39 is 6.04 Å². The maximum absolute atomic E-state index is 13.5. The molecule has 3 aromatic carbocycles. The van der Waals surface area contributed by atoms with Gasteiger partial charge in [0.05, 0.1) is 11.7 Å². The fourth-order valence-corrected chi connectivity index (χ4v) is 4.28. The van der Waals surface area contributed by atoms with Gasteiger partial charge in [-0.25, -0.2) is 4.98 Å². The summed E-state index contributed by atoms with van der Waals surface area (Å²) in [5, 5.41) is 0. The monoisotopic (exact) mass is 418 g/mol. The molecule has 1 amide bonds. The fourth-order valence-electron chi connectivity index (χ4n) is 4.28. The van der Waals surface area contributed by atoms with E-state index >= 15 is 0 Å². The zero-order valence-electron chi connectivity index (χ0n) is 17.5. The second kappa shape index (κ2) is 8.60. The molecule has 0 N–H and O–H groups in total. The molecular weight excluding hydrogens is 396 g/mol. The van der Waals surface area contributed by atoms with Gasteiger partial charge in [-0.3, -0.25) is 4.79 Å². The molecule has 0 saturated heterocycles. The quantitative estimate of drug-likeness (QED) is 0.429. The summed E-state index contributed by atoms with van der Waals surface area (Å²) in [6.45, 7) is 0.404.